The van der Waals surface area contributed by atoms with Crippen LogP contribution < -0.4 is 16.4 Å². The lowest BCUT2D eigenvalue weighted by molar-refractivity contribution is 0.249. The highest BCUT2D eigenvalue weighted by atomic mass is 19.1. The van der Waals surface area contributed by atoms with E-state index < -0.39 is 0 Å². The molecule has 1 atom stereocenters. The number of hydrogen-bond acceptors (Lipinski definition) is 3. The van der Waals surface area contributed by atoms with E-state index in [1.54, 1.807) is 12.1 Å². The van der Waals surface area contributed by atoms with E-state index >= 15 is 0 Å². The molecule has 140 valence electrons. The number of anilines is 2. The van der Waals surface area contributed by atoms with Gasteiger partial charge in [-0.1, -0.05) is 37.3 Å². The minimum Gasteiger partial charge on any atom is -0.382 e. The molecule has 0 aliphatic carbocycles. The van der Waals surface area contributed by atoms with Crippen molar-refractivity contribution in [2.24, 2.45) is 0 Å². The number of benzene rings is 2. The molecule has 2 aromatic carbocycles. The van der Waals surface area contributed by atoms with Crippen molar-refractivity contribution < 1.29 is 9.18 Å². The van der Waals surface area contributed by atoms with Gasteiger partial charge in [0, 0.05) is 11.6 Å². The molecule has 27 heavy (non-hydrogen) atoms. The first-order valence-corrected chi connectivity index (χ1v) is 8.77. The molecule has 0 radical (unpaired) electrons. The van der Waals surface area contributed by atoms with Gasteiger partial charge in [-0.05, 0) is 37.6 Å². The van der Waals surface area contributed by atoms with Crippen LogP contribution in [-0.2, 0) is 0 Å². The van der Waals surface area contributed by atoms with Crippen LogP contribution >= 0.6 is 0 Å². The highest BCUT2D eigenvalue weighted by Gasteiger charge is 2.20. The monoisotopic (exact) mass is 367 g/mol. The number of rotatable bonds is 5. The Morgan fingerprint density at radius 3 is 2.48 bits per heavy atom. The number of nitrogen functional groups attached to an aromatic ring is 1. The number of nitrogens with zero attached hydrogens (tertiary/aromatic N) is 2. The van der Waals surface area contributed by atoms with Crippen molar-refractivity contribution in [2.45, 2.75) is 26.3 Å². The third kappa shape index (κ3) is 4.08. The molecular formula is C20H22FN5O. The Morgan fingerprint density at radius 2 is 1.85 bits per heavy atom. The number of carbonyl (C=O) groups is 1. The lowest BCUT2D eigenvalue weighted by Gasteiger charge is -2.13. The average Bonchev–Trinajstić information content (AvgIpc) is 2.99. The second-order valence-corrected chi connectivity index (χ2v) is 6.27. The van der Waals surface area contributed by atoms with Crippen molar-refractivity contribution in [1.29, 1.82) is 0 Å². The molecule has 2 amide bonds. The van der Waals surface area contributed by atoms with Gasteiger partial charge in [0.15, 0.2) is 5.82 Å². The maximum atomic E-state index is 13.3. The Labute approximate surface area is 157 Å². The molecule has 1 aromatic heterocycles. The van der Waals surface area contributed by atoms with Crippen LogP contribution in [0.2, 0.25) is 0 Å². The van der Waals surface area contributed by atoms with E-state index in [-0.39, 0.29) is 23.7 Å². The normalized spacial score (nSPS) is 11.8. The van der Waals surface area contributed by atoms with Gasteiger partial charge >= 0.3 is 6.03 Å². The van der Waals surface area contributed by atoms with Gasteiger partial charge in [0.25, 0.3) is 0 Å². The zero-order valence-electron chi connectivity index (χ0n) is 15.2. The summed E-state index contributed by atoms with van der Waals surface area (Å²) < 4.78 is 14.7. The Kier molecular flexibility index (Phi) is 5.40. The molecule has 4 N–H and O–H groups in total. The smallest absolute Gasteiger partial charge is 0.319 e. The van der Waals surface area contributed by atoms with E-state index in [0.717, 1.165) is 12.0 Å². The third-order valence-electron chi connectivity index (χ3n) is 4.27. The van der Waals surface area contributed by atoms with Crippen molar-refractivity contribution in [3.63, 3.8) is 0 Å². The van der Waals surface area contributed by atoms with Gasteiger partial charge in [0.2, 0.25) is 0 Å². The summed E-state index contributed by atoms with van der Waals surface area (Å²) in [6.07, 6.45) is 0.809. The SMILES string of the molecule is CCC(C)NC(=O)Nc1c(-c2ccccc2)nn(-c2ccc(F)cc2)c1N. The molecule has 1 unspecified atom stereocenters. The van der Waals surface area contributed by atoms with Crippen LogP contribution in [0.1, 0.15) is 20.3 Å². The van der Waals surface area contributed by atoms with Crippen LogP contribution in [0.4, 0.5) is 20.7 Å². The van der Waals surface area contributed by atoms with Crippen molar-refractivity contribution in [2.75, 3.05) is 11.1 Å². The molecule has 0 bridgehead atoms. The predicted molar refractivity (Wildman–Crippen MR) is 105 cm³/mol. The van der Waals surface area contributed by atoms with Crippen LogP contribution in [-0.4, -0.2) is 21.9 Å². The Hall–Kier alpha value is -3.35. The lowest BCUT2D eigenvalue weighted by Crippen LogP contribution is -2.35. The molecule has 3 rings (SSSR count). The Bertz CT molecular complexity index is 922. The summed E-state index contributed by atoms with van der Waals surface area (Å²) in [5.74, 6) is -0.0844. The highest BCUT2D eigenvalue weighted by Crippen LogP contribution is 2.34. The van der Waals surface area contributed by atoms with Gasteiger partial charge in [0.1, 0.15) is 17.2 Å². The number of urea groups is 1. The van der Waals surface area contributed by atoms with E-state index in [1.807, 2.05) is 44.2 Å². The van der Waals surface area contributed by atoms with Crippen molar-refractivity contribution >= 4 is 17.5 Å². The number of nitrogens with two attached hydrogens (primary N) is 1. The first-order chi connectivity index (χ1) is 13.0. The largest absolute Gasteiger partial charge is 0.382 e. The van der Waals surface area contributed by atoms with E-state index in [1.165, 1.54) is 16.8 Å². The van der Waals surface area contributed by atoms with E-state index in [0.29, 0.717) is 17.1 Å². The van der Waals surface area contributed by atoms with Gasteiger partial charge in [-0.25, -0.2) is 13.9 Å². The summed E-state index contributed by atoms with van der Waals surface area (Å²) in [6.45, 7) is 3.91. The molecule has 7 heteroatoms. The Balaban J connectivity index is 2.04. The van der Waals surface area contributed by atoms with Gasteiger partial charge in [-0.2, -0.15) is 5.10 Å². The Morgan fingerprint density at radius 1 is 1.19 bits per heavy atom. The standard InChI is InChI=1S/C20H22FN5O/c1-3-13(2)23-20(27)24-18-17(14-7-5-4-6-8-14)25-26(19(18)22)16-11-9-15(21)10-12-16/h4-13H,3,22H2,1-2H3,(H2,23,24,27). The van der Waals surface area contributed by atoms with Gasteiger partial charge < -0.3 is 16.4 Å². The number of nitrogens with one attached hydrogen (secondary N) is 2. The van der Waals surface area contributed by atoms with E-state index in [4.69, 9.17) is 5.73 Å². The quantitative estimate of drug-likeness (QED) is 0.632. The molecule has 0 saturated carbocycles. The third-order valence-corrected chi connectivity index (χ3v) is 4.27. The molecule has 1 heterocycles. The minimum absolute atomic E-state index is 0.0264. The van der Waals surface area contributed by atoms with Gasteiger partial charge in [0.05, 0.1) is 5.69 Å². The summed E-state index contributed by atoms with van der Waals surface area (Å²) in [5.41, 5.74) is 8.64. The van der Waals surface area contributed by atoms with Crippen LogP contribution in [0.15, 0.2) is 54.6 Å². The maximum Gasteiger partial charge on any atom is 0.319 e. The fourth-order valence-corrected chi connectivity index (χ4v) is 2.61. The van der Waals surface area contributed by atoms with Crippen molar-refractivity contribution in [1.82, 2.24) is 15.1 Å². The van der Waals surface area contributed by atoms with Crippen LogP contribution in [0.25, 0.3) is 16.9 Å². The molecule has 0 aliphatic heterocycles. The molecule has 0 spiro atoms. The van der Waals surface area contributed by atoms with Crippen molar-refractivity contribution in [3.05, 3.63) is 60.4 Å². The molecule has 0 fully saturated rings. The molecule has 0 saturated heterocycles. The van der Waals surface area contributed by atoms with Crippen molar-refractivity contribution in [3.8, 4) is 16.9 Å². The van der Waals surface area contributed by atoms with Crippen LogP contribution in [0.3, 0.4) is 0 Å². The second kappa shape index (κ2) is 7.90. The van der Waals surface area contributed by atoms with E-state index in [9.17, 15) is 9.18 Å². The lowest BCUT2D eigenvalue weighted by atomic mass is 10.1. The summed E-state index contributed by atoms with van der Waals surface area (Å²) in [5, 5.41) is 10.2. The second-order valence-electron chi connectivity index (χ2n) is 6.27. The first-order valence-electron chi connectivity index (χ1n) is 8.77. The minimum atomic E-state index is -0.355. The van der Waals surface area contributed by atoms with Crippen LogP contribution in [0.5, 0.6) is 0 Å². The zero-order chi connectivity index (χ0) is 19.4. The fraction of sp³-hybridized carbons (Fsp3) is 0.200. The molecule has 6 nitrogen and oxygen atoms in total. The van der Waals surface area contributed by atoms with Gasteiger partial charge in [-0.15, -0.1) is 0 Å². The summed E-state index contributed by atoms with van der Waals surface area (Å²) in [6, 6.07) is 14.9. The molecule has 0 aliphatic rings. The summed E-state index contributed by atoms with van der Waals surface area (Å²) in [7, 11) is 0. The topological polar surface area (TPSA) is 85.0 Å². The molecule has 3 aromatic rings. The van der Waals surface area contributed by atoms with Crippen LogP contribution in [0, 0.1) is 5.82 Å². The number of aromatic nitrogens is 2. The van der Waals surface area contributed by atoms with Gasteiger partial charge in [-0.3, -0.25) is 0 Å². The molecular weight excluding hydrogens is 345 g/mol. The maximum absolute atomic E-state index is 13.3. The number of carbonyl (C=O) groups excluding carboxylic acids is 1. The number of amides is 2. The highest BCUT2D eigenvalue weighted by molar-refractivity contribution is 5.97. The predicted octanol–water partition coefficient (Wildman–Crippen LogP) is 4.18. The first kappa shape index (κ1) is 18.4. The zero-order valence-corrected chi connectivity index (χ0v) is 15.2. The van der Waals surface area contributed by atoms with E-state index in [2.05, 4.69) is 15.7 Å². The summed E-state index contributed by atoms with van der Waals surface area (Å²) in [4.78, 5) is 12.3. The summed E-state index contributed by atoms with van der Waals surface area (Å²) >= 11 is 0. The fourth-order valence-electron chi connectivity index (χ4n) is 2.61. The number of hydrogen-bond donors (Lipinski definition) is 3. The average molecular weight is 367 g/mol. The number of halogens is 1.